The van der Waals surface area contributed by atoms with Gasteiger partial charge in [-0.05, 0) is 30.9 Å². The first-order chi connectivity index (χ1) is 7.95. The van der Waals surface area contributed by atoms with Gasteiger partial charge in [-0.1, -0.05) is 13.8 Å². The van der Waals surface area contributed by atoms with Crippen LogP contribution < -0.4 is 10.9 Å². The molecule has 0 radical (unpaired) electrons. The Bertz CT molecular complexity index is 449. The number of aromatic nitrogens is 1. The summed E-state index contributed by atoms with van der Waals surface area (Å²) in [4.78, 5) is 23.7. The largest absolute Gasteiger partial charge is 0.357 e. The second-order valence-electron chi connectivity index (χ2n) is 4.71. The number of hydrogen-bond donors (Lipinski definition) is 1. The van der Waals surface area contributed by atoms with E-state index in [0.717, 1.165) is 5.56 Å². The lowest BCUT2D eigenvalue weighted by Crippen LogP contribution is -2.36. The zero-order chi connectivity index (χ0) is 13.0. The van der Waals surface area contributed by atoms with Crippen LogP contribution in [0.2, 0.25) is 0 Å². The number of likely N-dealkylation sites (N-methyl/N-ethyl adjacent to an activating group) is 1. The molecular formula is C13H20N2O2. The van der Waals surface area contributed by atoms with E-state index in [2.05, 4.69) is 5.32 Å². The molecule has 1 amide bonds. The second kappa shape index (κ2) is 5.66. The molecule has 1 unspecified atom stereocenters. The van der Waals surface area contributed by atoms with Crippen molar-refractivity contribution in [3.63, 3.8) is 0 Å². The molecule has 0 aliphatic heterocycles. The Labute approximate surface area is 102 Å². The van der Waals surface area contributed by atoms with E-state index in [9.17, 15) is 9.59 Å². The molecule has 1 heterocycles. The normalized spacial score (nSPS) is 12.5. The lowest BCUT2D eigenvalue weighted by atomic mass is 10.0. The smallest absolute Gasteiger partial charge is 0.251 e. The molecule has 17 heavy (non-hydrogen) atoms. The Balaban J connectivity index is 3.12. The molecule has 0 aliphatic carbocycles. The molecule has 94 valence electrons. The molecule has 0 spiro atoms. The van der Waals surface area contributed by atoms with Crippen LogP contribution in [-0.2, 0) is 4.79 Å². The number of nitrogens with zero attached hydrogens (tertiary/aromatic N) is 1. The van der Waals surface area contributed by atoms with E-state index in [1.54, 1.807) is 19.3 Å². The SMILES string of the molecule is CNC(=O)C(CC(C)C)n1ccc(C)cc1=O. The molecular weight excluding hydrogens is 216 g/mol. The first-order valence-corrected chi connectivity index (χ1v) is 5.86. The van der Waals surface area contributed by atoms with Gasteiger partial charge in [0.1, 0.15) is 6.04 Å². The summed E-state index contributed by atoms with van der Waals surface area (Å²) in [7, 11) is 1.59. The van der Waals surface area contributed by atoms with E-state index in [1.165, 1.54) is 4.57 Å². The van der Waals surface area contributed by atoms with E-state index in [1.807, 2.05) is 26.8 Å². The highest BCUT2D eigenvalue weighted by molar-refractivity contribution is 5.79. The molecule has 0 fully saturated rings. The zero-order valence-corrected chi connectivity index (χ0v) is 10.9. The highest BCUT2D eigenvalue weighted by Crippen LogP contribution is 2.16. The maximum Gasteiger partial charge on any atom is 0.251 e. The Morgan fingerprint density at radius 1 is 1.47 bits per heavy atom. The summed E-state index contributed by atoms with van der Waals surface area (Å²) < 4.78 is 1.51. The molecule has 4 heteroatoms. The Kier molecular flexibility index (Phi) is 4.49. The van der Waals surface area contributed by atoms with Crippen molar-refractivity contribution in [1.82, 2.24) is 9.88 Å². The average molecular weight is 236 g/mol. The van der Waals surface area contributed by atoms with Gasteiger partial charge in [0, 0.05) is 19.3 Å². The number of aryl methyl sites for hydroxylation is 1. The third-order valence-electron chi connectivity index (χ3n) is 2.68. The molecule has 1 N–H and O–H groups in total. The number of pyridine rings is 1. The van der Waals surface area contributed by atoms with Crippen LogP contribution in [0.25, 0.3) is 0 Å². The number of carbonyl (C=O) groups excluding carboxylic acids is 1. The fourth-order valence-electron chi connectivity index (χ4n) is 1.81. The van der Waals surface area contributed by atoms with Gasteiger partial charge in [-0.3, -0.25) is 9.59 Å². The summed E-state index contributed by atoms with van der Waals surface area (Å²) in [6, 6.07) is 2.97. The van der Waals surface area contributed by atoms with E-state index in [-0.39, 0.29) is 11.5 Å². The van der Waals surface area contributed by atoms with Gasteiger partial charge in [0.05, 0.1) is 0 Å². The minimum absolute atomic E-state index is 0.121. The first-order valence-electron chi connectivity index (χ1n) is 5.86. The van der Waals surface area contributed by atoms with Gasteiger partial charge in [-0.15, -0.1) is 0 Å². The summed E-state index contributed by atoms with van der Waals surface area (Å²) in [6.45, 7) is 5.94. The summed E-state index contributed by atoms with van der Waals surface area (Å²) in [5.41, 5.74) is 0.783. The van der Waals surface area contributed by atoms with E-state index in [0.29, 0.717) is 12.3 Å². The predicted octanol–water partition coefficient (Wildman–Crippen LogP) is 1.49. The molecule has 0 saturated heterocycles. The molecule has 0 aromatic carbocycles. The first kappa shape index (κ1) is 13.5. The van der Waals surface area contributed by atoms with Crippen molar-refractivity contribution in [2.45, 2.75) is 33.2 Å². The third-order valence-corrected chi connectivity index (χ3v) is 2.68. The van der Waals surface area contributed by atoms with Gasteiger partial charge in [0.25, 0.3) is 5.56 Å². The van der Waals surface area contributed by atoms with Crippen molar-refractivity contribution in [1.29, 1.82) is 0 Å². The molecule has 4 nitrogen and oxygen atoms in total. The summed E-state index contributed by atoms with van der Waals surface area (Å²) in [5, 5.41) is 2.61. The van der Waals surface area contributed by atoms with Crippen molar-refractivity contribution in [3.05, 3.63) is 34.2 Å². The van der Waals surface area contributed by atoms with Crippen molar-refractivity contribution in [2.75, 3.05) is 7.05 Å². The van der Waals surface area contributed by atoms with Crippen LogP contribution >= 0.6 is 0 Å². The lowest BCUT2D eigenvalue weighted by molar-refractivity contribution is -0.124. The van der Waals surface area contributed by atoms with E-state index >= 15 is 0 Å². The van der Waals surface area contributed by atoms with E-state index in [4.69, 9.17) is 0 Å². The second-order valence-corrected chi connectivity index (χ2v) is 4.71. The van der Waals surface area contributed by atoms with Crippen molar-refractivity contribution >= 4 is 5.91 Å². The lowest BCUT2D eigenvalue weighted by Gasteiger charge is -2.20. The van der Waals surface area contributed by atoms with Crippen LogP contribution in [-0.4, -0.2) is 17.5 Å². The van der Waals surface area contributed by atoms with Gasteiger partial charge in [0.2, 0.25) is 5.91 Å². The molecule has 1 atom stereocenters. The average Bonchev–Trinajstić information content (AvgIpc) is 2.25. The quantitative estimate of drug-likeness (QED) is 0.861. The van der Waals surface area contributed by atoms with Gasteiger partial charge >= 0.3 is 0 Å². The van der Waals surface area contributed by atoms with Crippen LogP contribution in [0.3, 0.4) is 0 Å². The molecule has 1 aromatic rings. The summed E-state index contributed by atoms with van der Waals surface area (Å²) >= 11 is 0. The zero-order valence-electron chi connectivity index (χ0n) is 10.9. The fraction of sp³-hybridized carbons (Fsp3) is 0.538. The number of nitrogens with one attached hydrogen (secondary N) is 1. The molecule has 0 aliphatic rings. The predicted molar refractivity (Wildman–Crippen MR) is 68.0 cm³/mol. The Hall–Kier alpha value is -1.58. The van der Waals surface area contributed by atoms with Crippen LogP contribution in [0, 0.1) is 12.8 Å². The molecule has 0 saturated carbocycles. The van der Waals surface area contributed by atoms with Crippen molar-refractivity contribution < 1.29 is 4.79 Å². The summed E-state index contributed by atoms with van der Waals surface area (Å²) in [5.74, 6) is 0.232. The van der Waals surface area contributed by atoms with E-state index < -0.39 is 6.04 Å². The van der Waals surface area contributed by atoms with Gasteiger partial charge < -0.3 is 9.88 Å². The number of amides is 1. The molecule has 1 rings (SSSR count). The minimum atomic E-state index is -0.423. The third kappa shape index (κ3) is 3.44. The van der Waals surface area contributed by atoms with Crippen LogP contribution in [0.15, 0.2) is 23.1 Å². The highest BCUT2D eigenvalue weighted by atomic mass is 16.2. The van der Waals surface area contributed by atoms with Crippen molar-refractivity contribution in [3.8, 4) is 0 Å². The minimum Gasteiger partial charge on any atom is -0.357 e. The standard InChI is InChI=1S/C13H20N2O2/c1-9(2)7-11(13(17)14-4)15-6-5-10(3)8-12(15)16/h5-6,8-9,11H,7H2,1-4H3,(H,14,17). The number of carbonyl (C=O) groups is 1. The topological polar surface area (TPSA) is 51.1 Å². The maximum atomic E-state index is 11.9. The maximum absolute atomic E-state index is 11.9. The van der Waals surface area contributed by atoms with Gasteiger partial charge in [-0.25, -0.2) is 0 Å². The van der Waals surface area contributed by atoms with Crippen LogP contribution in [0.4, 0.5) is 0 Å². The monoisotopic (exact) mass is 236 g/mol. The number of rotatable bonds is 4. The number of hydrogen-bond acceptors (Lipinski definition) is 2. The molecule has 0 bridgehead atoms. The Morgan fingerprint density at radius 3 is 2.59 bits per heavy atom. The van der Waals surface area contributed by atoms with Crippen LogP contribution in [0.5, 0.6) is 0 Å². The highest BCUT2D eigenvalue weighted by Gasteiger charge is 2.21. The van der Waals surface area contributed by atoms with Gasteiger partial charge in [-0.2, -0.15) is 0 Å². The molecule has 1 aromatic heterocycles. The van der Waals surface area contributed by atoms with Gasteiger partial charge in [0.15, 0.2) is 0 Å². The van der Waals surface area contributed by atoms with Crippen LogP contribution in [0.1, 0.15) is 31.9 Å². The van der Waals surface area contributed by atoms with Crippen molar-refractivity contribution in [2.24, 2.45) is 5.92 Å². The summed E-state index contributed by atoms with van der Waals surface area (Å²) in [6.07, 6.45) is 2.35. The fourth-order valence-corrected chi connectivity index (χ4v) is 1.81. The Morgan fingerprint density at radius 2 is 2.12 bits per heavy atom.